The van der Waals surface area contributed by atoms with Crippen LogP contribution in [0, 0.1) is 23.2 Å². The topological polar surface area (TPSA) is 70.4 Å². The minimum atomic E-state index is -0.560. The highest BCUT2D eigenvalue weighted by atomic mass is 16.5. The van der Waals surface area contributed by atoms with Crippen LogP contribution in [0.3, 0.4) is 0 Å². The van der Waals surface area contributed by atoms with E-state index in [0.29, 0.717) is 47.2 Å². The number of likely N-dealkylation sites (tertiary alicyclic amines) is 1. The quantitative estimate of drug-likeness (QED) is 0.759. The van der Waals surface area contributed by atoms with Gasteiger partial charge in [-0.1, -0.05) is 50.2 Å². The highest BCUT2D eigenvalue weighted by Gasteiger charge is 2.26. The first-order valence-corrected chi connectivity index (χ1v) is 9.53. The number of piperidine rings is 1. The number of hydrogen-bond donors (Lipinski definition) is 0. The number of nitriles is 1. The Kier molecular flexibility index (Phi) is 6.10. The van der Waals surface area contributed by atoms with Gasteiger partial charge in [-0.15, -0.1) is 0 Å². The van der Waals surface area contributed by atoms with Crippen molar-refractivity contribution >= 4 is 11.9 Å². The first kappa shape index (κ1) is 19.6. The first-order chi connectivity index (χ1) is 13.5. The molecule has 0 saturated carbocycles. The summed E-state index contributed by atoms with van der Waals surface area (Å²) in [6, 6.07) is 16.2. The third kappa shape index (κ3) is 4.40. The van der Waals surface area contributed by atoms with E-state index < -0.39 is 5.97 Å². The van der Waals surface area contributed by atoms with Crippen LogP contribution in [0.25, 0.3) is 11.1 Å². The molecule has 0 aromatic heterocycles. The number of amides is 1. The van der Waals surface area contributed by atoms with Crippen LogP contribution in [0.2, 0.25) is 0 Å². The number of nitrogens with zero attached hydrogens (tertiary/aromatic N) is 2. The summed E-state index contributed by atoms with van der Waals surface area (Å²) in [6.45, 7) is 5.39. The number of esters is 1. The van der Waals surface area contributed by atoms with Crippen molar-refractivity contribution in [3.63, 3.8) is 0 Å². The number of carbonyl (C=O) groups excluding carboxylic acids is 2. The van der Waals surface area contributed by atoms with E-state index in [1.54, 1.807) is 41.3 Å². The molecule has 1 aliphatic heterocycles. The van der Waals surface area contributed by atoms with Gasteiger partial charge in [-0.05, 0) is 36.0 Å². The molecule has 28 heavy (non-hydrogen) atoms. The molecule has 1 saturated heterocycles. The van der Waals surface area contributed by atoms with Gasteiger partial charge in [0.2, 0.25) is 0 Å². The van der Waals surface area contributed by atoms with E-state index in [1.807, 2.05) is 12.1 Å². The Bertz CT molecular complexity index is 906. The predicted molar refractivity (Wildman–Crippen MR) is 106 cm³/mol. The van der Waals surface area contributed by atoms with Crippen molar-refractivity contribution in [3.8, 4) is 17.2 Å². The van der Waals surface area contributed by atoms with Gasteiger partial charge in [0.25, 0.3) is 5.91 Å². The maximum Gasteiger partial charge on any atom is 0.339 e. The summed E-state index contributed by atoms with van der Waals surface area (Å²) in [5, 5.41) is 9.36. The van der Waals surface area contributed by atoms with Gasteiger partial charge in [0.15, 0.2) is 6.61 Å². The zero-order valence-corrected chi connectivity index (χ0v) is 16.2. The lowest BCUT2D eigenvalue weighted by molar-refractivity contribution is -0.137. The first-order valence-electron chi connectivity index (χ1n) is 9.53. The molecular weight excluding hydrogens is 352 g/mol. The molecular formula is C23H24N2O3. The van der Waals surface area contributed by atoms with Crippen molar-refractivity contribution in [1.29, 1.82) is 5.26 Å². The van der Waals surface area contributed by atoms with Crippen molar-refractivity contribution in [2.24, 2.45) is 11.8 Å². The van der Waals surface area contributed by atoms with Crippen LogP contribution >= 0.6 is 0 Å². The predicted octanol–water partition coefficient (Wildman–Crippen LogP) is 3.89. The van der Waals surface area contributed by atoms with Crippen LogP contribution in [0.15, 0.2) is 48.5 Å². The van der Waals surface area contributed by atoms with Crippen molar-refractivity contribution in [3.05, 3.63) is 59.7 Å². The van der Waals surface area contributed by atoms with Crippen molar-refractivity contribution in [2.45, 2.75) is 20.3 Å². The Balaban J connectivity index is 1.74. The van der Waals surface area contributed by atoms with E-state index in [2.05, 4.69) is 19.9 Å². The fourth-order valence-electron chi connectivity index (χ4n) is 3.87. The maximum absolute atomic E-state index is 12.7. The van der Waals surface area contributed by atoms with Gasteiger partial charge >= 0.3 is 5.97 Å². The van der Waals surface area contributed by atoms with Gasteiger partial charge in [-0.25, -0.2) is 4.79 Å². The van der Waals surface area contributed by atoms with Gasteiger partial charge in [0, 0.05) is 18.7 Å². The molecule has 0 N–H and O–H groups in total. The van der Waals surface area contributed by atoms with Crippen LogP contribution in [-0.2, 0) is 9.53 Å². The maximum atomic E-state index is 12.7. The summed E-state index contributed by atoms with van der Waals surface area (Å²) in [4.78, 5) is 26.9. The second kappa shape index (κ2) is 8.71. The van der Waals surface area contributed by atoms with E-state index in [1.165, 1.54) is 0 Å². The smallest absolute Gasteiger partial charge is 0.339 e. The van der Waals surface area contributed by atoms with Crippen molar-refractivity contribution in [2.75, 3.05) is 19.7 Å². The molecule has 2 aromatic rings. The number of hydrogen-bond acceptors (Lipinski definition) is 4. The van der Waals surface area contributed by atoms with Crippen LogP contribution in [0.1, 0.15) is 36.2 Å². The van der Waals surface area contributed by atoms with Crippen LogP contribution < -0.4 is 0 Å². The Morgan fingerprint density at radius 2 is 1.64 bits per heavy atom. The zero-order chi connectivity index (χ0) is 20.1. The Morgan fingerprint density at radius 3 is 2.32 bits per heavy atom. The molecule has 5 nitrogen and oxygen atoms in total. The number of ether oxygens (including phenoxy) is 1. The van der Waals surface area contributed by atoms with E-state index in [9.17, 15) is 14.9 Å². The highest BCUT2D eigenvalue weighted by Crippen LogP contribution is 2.27. The summed E-state index contributed by atoms with van der Waals surface area (Å²) in [5.74, 6) is 0.176. The average molecular weight is 376 g/mol. The molecule has 0 radical (unpaired) electrons. The number of rotatable bonds is 4. The van der Waals surface area contributed by atoms with Crippen molar-refractivity contribution < 1.29 is 14.3 Å². The number of carbonyl (C=O) groups is 2. The number of benzene rings is 2. The molecule has 0 bridgehead atoms. The summed E-state index contributed by atoms with van der Waals surface area (Å²) in [7, 11) is 0. The Morgan fingerprint density at radius 1 is 1.04 bits per heavy atom. The summed E-state index contributed by atoms with van der Waals surface area (Å²) in [6.07, 6.45) is 1.11. The molecule has 0 unspecified atom stereocenters. The molecule has 2 atom stereocenters. The molecule has 1 heterocycles. The molecule has 0 spiro atoms. The second-order valence-electron chi connectivity index (χ2n) is 7.52. The standard InChI is InChI=1S/C23H24N2O3/c1-16-11-17(2)14-25(13-16)22(26)15-28-23(27)21-10-6-5-9-20(21)19-8-4-3-7-18(19)12-24/h3-10,16-17H,11,13-15H2,1-2H3/t16-,17-/m1/s1. The van der Waals surface area contributed by atoms with Gasteiger partial charge < -0.3 is 9.64 Å². The van der Waals surface area contributed by atoms with Crippen LogP contribution in [0.4, 0.5) is 0 Å². The lowest BCUT2D eigenvalue weighted by atomic mass is 9.92. The SMILES string of the molecule is C[C@@H]1C[C@@H](C)CN(C(=O)COC(=O)c2ccccc2-c2ccccc2C#N)C1. The molecule has 144 valence electrons. The van der Waals surface area contributed by atoms with Gasteiger partial charge in [0.05, 0.1) is 17.2 Å². The lowest BCUT2D eigenvalue weighted by Crippen LogP contribution is -2.44. The van der Waals surface area contributed by atoms with Gasteiger partial charge in [0.1, 0.15) is 0 Å². The third-order valence-corrected chi connectivity index (χ3v) is 5.03. The average Bonchev–Trinajstić information content (AvgIpc) is 2.71. The highest BCUT2D eigenvalue weighted by molar-refractivity contribution is 5.98. The van der Waals surface area contributed by atoms with E-state index >= 15 is 0 Å². The molecule has 3 rings (SSSR count). The minimum Gasteiger partial charge on any atom is -0.452 e. The molecule has 2 aromatic carbocycles. The monoisotopic (exact) mass is 376 g/mol. The summed E-state index contributed by atoms with van der Waals surface area (Å²) >= 11 is 0. The molecule has 5 heteroatoms. The summed E-state index contributed by atoms with van der Waals surface area (Å²) < 4.78 is 5.34. The Labute approximate surface area is 165 Å². The molecule has 1 aliphatic rings. The molecule has 1 fully saturated rings. The largest absolute Gasteiger partial charge is 0.452 e. The van der Waals surface area contributed by atoms with E-state index in [4.69, 9.17) is 4.74 Å². The van der Waals surface area contributed by atoms with E-state index in [0.717, 1.165) is 6.42 Å². The Hall–Kier alpha value is -3.13. The van der Waals surface area contributed by atoms with Gasteiger partial charge in [-0.2, -0.15) is 5.26 Å². The fraction of sp³-hybridized carbons (Fsp3) is 0.348. The van der Waals surface area contributed by atoms with Gasteiger partial charge in [-0.3, -0.25) is 4.79 Å². The molecule has 1 amide bonds. The van der Waals surface area contributed by atoms with E-state index in [-0.39, 0.29) is 12.5 Å². The lowest BCUT2D eigenvalue weighted by Gasteiger charge is -2.34. The van der Waals surface area contributed by atoms with Crippen LogP contribution in [-0.4, -0.2) is 36.5 Å². The third-order valence-electron chi connectivity index (χ3n) is 5.03. The zero-order valence-electron chi connectivity index (χ0n) is 16.2. The molecule has 0 aliphatic carbocycles. The summed E-state index contributed by atoms with van der Waals surface area (Å²) in [5.41, 5.74) is 2.12. The van der Waals surface area contributed by atoms with Crippen LogP contribution in [0.5, 0.6) is 0 Å². The van der Waals surface area contributed by atoms with Crippen molar-refractivity contribution in [1.82, 2.24) is 4.90 Å². The normalized spacial score (nSPS) is 19.0. The minimum absolute atomic E-state index is 0.165. The second-order valence-corrected chi connectivity index (χ2v) is 7.52. The fourth-order valence-corrected chi connectivity index (χ4v) is 3.87.